The molecule has 8 heteroatoms. The molecule has 0 saturated heterocycles. The molecule has 0 aliphatic heterocycles. The summed E-state index contributed by atoms with van der Waals surface area (Å²) in [5.74, 6) is -0.263. The molecule has 0 aliphatic carbocycles. The average Bonchev–Trinajstić information content (AvgIpc) is 2.66. The zero-order valence-corrected chi connectivity index (χ0v) is 15.8. The van der Waals surface area contributed by atoms with Gasteiger partial charge in [-0.15, -0.1) is 0 Å². The number of alkyl halides is 3. The summed E-state index contributed by atoms with van der Waals surface area (Å²) in [5, 5.41) is 13.2. The highest BCUT2D eigenvalue weighted by atomic mass is 35.5. The van der Waals surface area contributed by atoms with Crippen molar-refractivity contribution in [2.75, 3.05) is 11.9 Å². The van der Waals surface area contributed by atoms with Gasteiger partial charge in [0, 0.05) is 17.8 Å². The Morgan fingerprint density at radius 2 is 1.71 bits per heavy atom. The number of carbonyl (C=O) groups excluding carboxylic acids is 1. The van der Waals surface area contributed by atoms with Gasteiger partial charge in [-0.2, -0.15) is 13.2 Å². The van der Waals surface area contributed by atoms with Crippen molar-refractivity contribution in [3.05, 3.63) is 70.8 Å². The van der Waals surface area contributed by atoms with Crippen LogP contribution >= 0.6 is 11.6 Å². The summed E-state index contributed by atoms with van der Waals surface area (Å²) in [5.41, 5.74) is -0.306. The van der Waals surface area contributed by atoms with Crippen LogP contribution in [0.1, 0.15) is 29.3 Å². The van der Waals surface area contributed by atoms with Gasteiger partial charge in [-0.3, -0.25) is 10.2 Å². The summed E-state index contributed by atoms with van der Waals surface area (Å²) in [7, 11) is 0. The molecular weight excluding hydrogens is 391 g/mol. The summed E-state index contributed by atoms with van der Waals surface area (Å²) >= 11 is 6.08. The number of hydrogen-bond acceptors (Lipinski definition) is 3. The van der Waals surface area contributed by atoms with Crippen LogP contribution in [0.25, 0.3) is 5.70 Å². The SMILES string of the molecule is CCCNC(=O)c1ccc(/C(=C/C(=N)C(F)(F)F)Nc2ccccc2Cl)cc1. The monoisotopic (exact) mass is 409 g/mol. The lowest BCUT2D eigenvalue weighted by molar-refractivity contribution is -0.0583. The molecule has 2 rings (SSSR count). The molecule has 2 aromatic carbocycles. The van der Waals surface area contributed by atoms with Gasteiger partial charge in [0.05, 0.1) is 10.7 Å². The highest BCUT2D eigenvalue weighted by molar-refractivity contribution is 6.33. The Hall–Kier alpha value is -2.80. The van der Waals surface area contributed by atoms with E-state index in [1.807, 2.05) is 6.92 Å². The normalized spacial score (nSPS) is 11.8. The predicted molar refractivity (Wildman–Crippen MR) is 106 cm³/mol. The number of hydrogen-bond donors (Lipinski definition) is 3. The minimum Gasteiger partial charge on any atom is -0.354 e. The van der Waals surface area contributed by atoms with Gasteiger partial charge in [0.2, 0.25) is 0 Å². The average molecular weight is 410 g/mol. The van der Waals surface area contributed by atoms with Gasteiger partial charge in [0.25, 0.3) is 5.91 Å². The quantitative estimate of drug-likeness (QED) is 0.527. The fourth-order valence-electron chi connectivity index (χ4n) is 2.27. The van der Waals surface area contributed by atoms with Crippen LogP contribution in [-0.4, -0.2) is 24.3 Å². The van der Waals surface area contributed by atoms with Gasteiger partial charge < -0.3 is 10.6 Å². The Balaban J connectivity index is 2.36. The number of benzene rings is 2. The van der Waals surface area contributed by atoms with Crippen LogP contribution in [0.4, 0.5) is 18.9 Å². The van der Waals surface area contributed by atoms with Crippen molar-refractivity contribution in [1.29, 1.82) is 5.41 Å². The third kappa shape index (κ3) is 5.85. The number of halogens is 4. The molecule has 0 atom stereocenters. The van der Waals surface area contributed by atoms with E-state index >= 15 is 0 Å². The molecule has 148 valence electrons. The molecule has 0 spiro atoms. The minimum atomic E-state index is -4.78. The number of carbonyl (C=O) groups is 1. The first-order chi connectivity index (χ1) is 13.2. The summed E-state index contributed by atoms with van der Waals surface area (Å²) in [6.45, 7) is 2.46. The lowest BCUT2D eigenvalue weighted by Crippen LogP contribution is -2.23. The van der Waals surface area contributed by atoms with E-state index in [0.29, 0.717) is 34.5 Å². The Morgan fingerprint density at radius 3 is 2.29 bits per heavy atom. The molecule has 0 bridgehead atoms. The highest BCUT2D eigenvalue weighted by Crippen LogP contribution is 2.27. The molecular formula is C20H19ClF3N3O. The molecule has 0 unspecified atom stereocenters. The summed E-state index contributed by atoms with van der Waals surface area (Å²) < 4.78 is 38.6. The molecule has 0 fully saturated rings. The van der Waals surface area contributed by atoms with Gasteiger partial charge in [-0.25, -0.2) is 0 Å². The minimum absolute atomic E-state index is 0.0379. The molecule has 0 heterocycles. The van der Waals surface area contributed by atoms with E-state index < -0.39 is 11.9 Å². The second-order valence-electron chi connectivity index (χ2n) is 5.91. The van der Waals surface area contributed by atoms with E-state index in [4.69, 9.17) is 17.0 Å². The van der Waals surface area contributed by atoms with Crippen LogP contribution in [-0.2, 0) is 0 Å². The molecule has 0 aromatic heterocycles. The Labute approximate surface area is 165 Å². The van der Waals surface area contributed by atoms with Crippen LogP contribution in [0, 0.1) is 5.41 Å². The number of rotatable bonds is 7. The molecule has 0 radical (unpaired) electrons. The zero-order chi connectivity index (χ0) is 20.7. The first-order valence-electron chi connectivity index (χ1n) is 8.50. The Bertz CT molecular complexity index is 877. The standard InChI is InChI=1S/C20H19ClF3N3O/c1-2-11-26-19(28)14-9-7-13(8-10-14)17(12-18(25)20(22,23)24)27-16-6-4-3-5-15(16)21/h3-10,12,25,27H,2,11H2,1H3,(H,26,28)/b17-12-,25-18?. The summed E-state index contributed by atoms with van der Waals surface area (Å²) in [6.07, 6.45) is -3.30. The van der Waals surface area contributed by atoms with Gasteiger partial charge in [0.15, 0.2) is 0 Å². The van der Waals surface area contributed by atoms with Crippen molar-refractivity contribution in [2.45, 2.75) is 19.5 Å². The molecule has 2 aromatic rings. The van der Waals surface area contributed by atoms with Gasteiger partial charge in [-0.1, -0.05) is 42.8 Å². The first-order valence-corrected chi connectivity index (χ1v) is 8.87. The van der Waals surface area contributed by atoms with Crippen molar-refractivity contribution in [3.8, 4) is 0 Å². The van der Waals surface area contributed by atoms with E-state index in [0.717, 1.165) is 6.42 Å². The van der Waals surface area contributed by atoms with Gasteiger partial charge in [-0.05, 0) is 42.3 Å². The van der Waals surface area contributed by atoms with E-state index in [9.17, 15) is 18.0 Å². The molecule has 28 heavy (non-hydrogen) atoms. The maximum absolute atomic E-state index is 12.9. The van der Waals surface area contributed by atoms with Crippen LogP contribution in [0.3, 0.4) is 0 Å². The largest absolute Gasteiger partial charge is 0.432 e. The van der Waals surface area contributed by atoms with E-state index in [-0.39, 0.29) is 11.6 Å². The van der Waals surface area contributed by atoms with Crippen molar-refractivity contribution in [3.63, 3.8) is 0 Å². The lowest BCUT2D eigenvalue weighted by atomic mass is 10.1. The van der Waals surface area contributed by atoms with Crippen molar-refractivity contribution < 1.29 is 18.0 Å². The zero-order valence-electron chi connectivity index (χ0n) is 15.0. The maximum Gasteiger partial charge on any atom is 0.432 e. The Kier molecular flexibility index (Phi) is 7.23. The second kappa shape index (κ2) is 9.41. The van der Waals surface area contributed by atoms with Crippen molar-refractivity contribution in [1.82, 2.24) is 5.32 Å². The van der Waals surface area contributed by atoms with E-state index in [1.54, 1.807) is 24.3 Å². The maximum atomic E-state index is 12.9. The summed E-state index contributed by atoms with van der Waals surface area (Å²) in [4.78, 5) is 12.0. The van der Waals surface area contributed by atoms with E-state index in [1.165, 1.54) is 24.3 Å². The fourth-order valence-corrected chi connectivity index (χ4v) is 2.45. The molecule has 0 saturated carbocycles. The third-order valence-electron chi connectivity index (χ3n) is 3.73. The van der Waals surface area contributed by atoms with Crippen LogP contribution < -0.4 is 10.6 Å². The predicted octanol–water partition coefficient (Wildman–Crippen LogP) is 5.51. The lowest BCUT2D eigenvalue weighted by Gasteiger charge is -2.15. The number of para-hydroxylation sites is 1. The second-order valence-corrected chi connectivity index (χ2v) is 6.31. The summed E-state index contributed by atoms with van der Waals surface area (Å²) in [6, 6.07) is 12.6. The van der Waals surface area contributed by atoms with E-state index in [2.05, 4.69) is 10.6 Å². The smallest absolute Gasteiger partial charge is 0.354 e. The molecule has 4 nitrogen and oxygen atoms in total. The van der Waals surface area contributed by atoms with Crippen LogP contribution in [0.5, 0.6) is 0 Å². The topological polar surface area (TPSA) is 65.0 Å². The van der Waals surface area contributed by atoms with Gasteiger partial charge in [0.1, 0.15) is 5.71 Å². The fraction of sp³-hybridized carbons (Fsp3) is 0.200. The third-order valence-corrected chi connectivity index (χ3v) is 4.06. The van der Waals surface area contributed by atoms with Crippen molar-refractivity contribution >= 4 is 34.6 Å². The number of nitrogens with one attached hydrogen (secondary N) is 3. The number of anilines is 1. The van der Waals surface area contributed by atoms with Crippen LogP contribution in [0.15, 0.2) is 54.6 Å². The van der Waals surface area contributed by atoms with Gasteiger partial charge >= 0.3 is 6.18 Å². The highest BCUT2D eigenvalue weighted by Gasteiger charge is 2.33. The first kappa shape index (κ1) is 21.5. The molecule has 3 N–H and O–H groups in total. The Morgan fingerprint density at radius 1 is 1.11 bits per heavy atom. The molecule has 1 amide bonds. The van der Waals surface area contributed by atoms with Crippen LogP contribution in [0.2, 0.25) is 5.02 Å². The number of allylic oxidation sites excluding steroid dienone is 1. The van der Waals surface area contributed by atoms with Crippen molar-refractivity contribution in [2.24, 2.45) is 0 Å². The number of amides is 1. The molecule has 0 aliphatic rings.